The van der Waals surface area contributed by atoms with Gasteiger partial charge >= 0.3 is 0 Å². The predicted molar refractivity (Wildman–Crippen MR) is 68.4 cm³/mol. The summed E-state index contributed by atoms with van der Waals surface area (Å²) in [5.74, 6) is 0. The van der Waals surface area contributed by atoms with E-state index >= 15 is 0 Å². The molecule has 1 rings (SSSR count). The van der Waals surface area contributed by atoms with Crippen molar-refractivity contribution < 1.29 is 0 Å². The Kier molecular flexibility index (Phi) is 3.43. The highest BCUT2D eigenvalue weighted by Gasteiger charge is 2.08. The van der Waals surface area contributed by atoms with Gasteiger partial charge in [-0.15, -0.1) is 10.9 Å². The molecule has 1 aromatic rings. The van der Waals surface area contributed by atoms with E-state index in [1.54, 1.807) is 0 Å². The van der Waals surface area contributed by atoms with Crippen molar-refractivity contribution >= 4 is 91.8 Å². The van der Waals surface area contributed by atoms with Gasteiger partial charge in [0.25, 0.3) is 0 Å². The molecule has 12 heavy (non-hydrogen) atoms. The van der Waals surface area contributed by atoms with E-state index in [4.69, 9.17) is 31.4 Å². The summed E-state index contributed by atoms with van der Waals surface area (Å²) in [6.45, 7) is 0. The standard InChI is InChI=1S/C6B4BrI/c7-1-2(8)4(10)6(12)5(11)3(1)9. The summed E-state index contributed by atoms with van der Waals surface area (Å²) in [7, 11) is 22.5. The topological polar surface area (TPSA) is 0 Å². The summed E-state index contributed by atoms with van der Waals surface area (Å²) >= 11 is 5.32. The molecule has 1 aromatic carbocycles. The zero-order valence-electron chi connectivity index (χ0n) is 6.07. The van der Waals surface area contributed by atoms with Crippen molar-refractivity contribution in [3.8, 4) is 0 Å². The highest BCUT2D eigenvalue weighted by atomic mass is 127. The summed E-state index contributed by atoms with van der Waals surface area (Å²) in [5.41, 5.74) is 1.58. The number of halogens is 2. The van der Waals surface area contributed by atoms with Crippen LogP contribution in [0, 0.1) is 3.57 Å². The summed E-state index contributed by atoms with van der Waals surface area (Å²) < 4.78 is 1.49. The average Bonchev–Trinajstić information content (AvgIpc) is 2.08. The largest absolute Gasteiger partial charge is 0.114 e. The molecule has 0 aromatic heterocycles. The fraction of sp³-hybridized carbons (Fsp3) is 0. The molecule has 0 bridgehead atoms. The van der Waals surface area contributed by atoms with Crippen molar-refractivity contribution in [2.75, 3.05) is 0 Å². The van der Waals surface area contributed by atoms with Crippen LogP contribution in [0.5, 0.6) is 0 Å². The van der Waals surface area contributed by atoms with E-state index in [1.165, 1.54) is 0 Å². The molecule has 0 nitrogen and oxygen atoms in total. The van der Waals surface area contributed by atoms with Crippen molar-refractivity contribution in [1.82, 2.24) is 0 Å². The molecule has 0 N–H and O–H groups in total. The van der Waals surface area contributed by atoms with Gasteiger partial charge in [-0.2, -0.15) is 0 Å². The molecule has 0 fully saturated rings. The summed E-state index contributed by atoms with van der Waals surface area (Å²) in [5, 5.41) is 0. The first-order valence-electron chi connectivity index (χ1n) is 3.03. The van der Waals surface area contributed by atoms with E-state index in [0.717, 1.165) is 3.57 Å². The second-order valence-corrected chi connectivity index (χ2v) is 4.15. The number of rotatable bonds is 0. The van der Waals surface area contributed by atoms with Gasteiger partial charge in [-0.3, -0.25) is 0 Å². The minimum atomic E-state index is 0.333. The van der Waals surface area contributed by atoms with Crippen LogP contribution in [-0.2, 0) is 0 Å². The van der Waals surface area contributed by atoms with Gasteiger partial charge in [0.2, 0.25) is 0 Å². The predicted octanol–water partition coefficient (Wildman–Crippen LogP) is -1.77. The van der Waals surface area contributed by atoms with Crippen LogP contribution in [0.1, 0.15) is 0 Å². The third-order valence-electron chi connectivity index (χ3n) is 1.54. The van der Waals surface area contributed by atoms with E-state index in [2.05, 4.69) is 15.9 Å². The van der Waals surface area contributed by atoms with E-state index in [-0.39, 0.29) is 0 Å². The maximum absolute atomic E-state index is 5.65. The molecule has 0 atom stereocenters. The molecule has 6 heteroatoms. The van der Waals surface area contributed by atoms with Gasteiger partial charge in [-0.1, -0.05) is 26.9 Å². The molecule has 0 saturated heterocycles. The van der Waals surface area contributed by atoms with Gasteiger partial charge in [0.15, 0.2) is 0 Å². The molecule has 0 unspecified atom stereocenters. The maximum Gasteiger partial charge on any atom is 0.114 e. The molecule has 50 valence electrons. The summed E-state index contributed by atoms with van der Waals surface area (Å²) in [6, 6.07) is 0. The highest BCUT2D eigenvalue weighted by molar-refractivity contribution is 14.1. The molecule has 0 heterocycles. The smallest absolute Gasteiger partial charge is 0.110 e. The van der Waals surface area contributed by atoms with E-state index in [1.807, 2.05) is 22.6 Å². The molecule has 0 spiro atoms. The first kappa shape index (κ1) is 10.8. The molecule has 0 aliphatic carbocycles. The Bertz CT molecular complexity index is 234. The first-order chi connectivity index (χ1) is 5.46. The van der Waals surface area contributed by atoms with Crippen LogP contribution in [0.15, 0.2) is 4.47 Å². The lowest BCUT2D eigenvalue weighted by molar-refractivity contribution is 1.76. The Morgan fingerprint density at radius 3 is 1.75 bits per heavy atom. The zero-order chi connectivity index (χ0) is 9.46. The van der Waals surface area contributed by atoms with Crippen LogP contribution < -0.4 is 21.9 Å². The Hall–Kier alpha value is 0.690. The minimum absolute atomic E-state index is 0.333. The minimum Gasteiger partial charge on any atom is -0.110 e. The fourth-order valence-corrected chi connectivity index (χ4v) is 1.77. The molecule has 0 aliphatic heterocycles. The fourth-order valence-electron chi connectivity index (χ4n) is 0.763. The van der Waals surface area contributed by atoms with Crippen LogP contribution in [0.4, 0.5) is 0 Å². The number of hydrogen-bond donors (Lipinski definition) is 0. The van der Waals surface area contributed by atoms with Gasteiger partial charge < -0.3 is 0 Å². The van der Waals surface area contributed by atoms with Crippen LogP contribution in [-0.4, -0.2) is 31.4 Å². The van der Waals surface area contributed by atoms with Gasteiger partial charge in [-0.25, -0.2) is 0 Å². The highest BCUT2D eigenvalue weighted by Crippen LogP contribution is 2.11. The maximum atomic E-state index is 5.65. The molecule has 0 aliphatic rings. The molecular formula is C6B4BrI. The monoisotopic (exact) mass is 322 g/mol. The molecular weight excluding hydrogens is 322 g/mol. The second kappa shape index (κ2) is 3.82. The molecule has 0 saturated carbocycles. The summed E-state index contributed by atoms with van der Waals surface area (Å²) in [4.78, 5) is 0. The molecule has 8 radical (unpaired) electrons. The quantitative estimate of drug-likeness (QED) is 0.392. The van der Waals surface area contributed by atoms with Crippen molar-refractivity contribution in [3.63, 3.8) is 0 Å². The Morgan fingerprint density at radius 2 is 1.25 bits per heavy atom. The SMILES string of the molecule is [B]c1c([B])c([B])c(I)c(Br)c1[B]. The summed E-state index contributed by atoms with van der Waals surface area (Å²) in [6.07, 6.45) is 0. The van der Waals surface area contributed by atoms with Crippen molar-refractivity contribution in [2.45, 2.75) is 0 Å². The normalized spacial score (nSPS) is 10.2. The Balaban J connectivity index is 3.60. The van der Waals surface area contributed by atoms with Crippen LogP contribution in [0.25, 0.3) is 0 Å². The van der Waals surface area contributed by atoms with Crippen molar-refractivity contribution in [1.29, 1.82) is 0 Å². The Labute approximate surface area is 99.2 Å². The van der Waals surface area contributed by atoms with E-state index < -0.39 is 0 Å². The third-order valence-corrected chi connectivity index (χ3v) is 4.22. The lowest BCUT2D eigenvalue weighted by atomic mass is 9.67. The van der Waals surface area contributed by atoms with Crippen molar-refractivity contribution in [3.05, 3.63) is 8.04 Å². The average molecular weight is 322 g/mol. The van der Waals surface area contributed by atoms with Crippen LogP contribution in [0.2, 0.25) is 0 Å². The number of benzene rings is 1. The lowest BCUT2D eigenvalue weighted by Gasteiger charge is -2.15. The van der Waals surface area contributed by atoms with Crippen LogP contribution in [0.3, 0.4) is 0 Å². The van der Waals surface area contributed by atoms with Gasteiger partial charge in [0.1, 0.15) is 31.4 Å². The van der Waals surface area contributed by atoms with Gasteiger partial charge in [0, 0.05) is 8.04 Å². The van der Waals surface area contributed by atoms with Gasteiger partial charge in [-0.05, 0) is 22.6 Å². The van der Waals surface area contributed by atoms with E-state index in [9.17, 15) is 0 Å². The van der Waals surface area contributed by atoms with Crippen LogP contribution >= 0.6 is 38.5 Å². The Morgan fingerprint density at radius 1 is 0.833 bits per heavy atom. The second-order valence-electron chi connectivity index (χ2n) is 2.28. The van der Waals surface area contributed by atoms with Gasteiger partial charge in [0.05, 0.1) is 0 Å². The third kappa shape index (κ3) is 1.65. The first-order valence-corrected chi connectivity index (χ1v) is 4.90. The molecule has 0 amide bonds. The lowest BCUT2D eigenvalue weighted by Crippen LogP contribution is -2.49. The van der Waals surface area contributed by atoms with E-state index in [0.29, 0.717) is 26.3 Å². The number of hydrogen-bond acceptors (Lipinski definition) is 0. The van der Waals surface area contributed by atoms with Crippen molar-refractivity contribution in [2.24, 2.45) is 0 Å². The zero-order valence-corrected chi connectivity index (χ0v) is 9.81.